The van der Waals surface area contributed by atoms with E-state index < -0.39 is 6.30 Å². The quantitative estimate of drug-likeness (QED) is 0.354. The van der Waals surface area contributed by atoms with Crippen LogP contribution in [0.3, 0.4) is 0 Å². The summed E-state index contributed by atoms with van der Waals surface area (Å²) >= 11 is 0. The first-order valence-corrected chi connectivity index (χ1v) is 0.856. The molecule has 1 nitrogen and oxygen atoms in total. The molecule has 0 saturated heterocycles. The first-order valence-electron chi connectivity index (χ1n) is 0.856. The van der Waals surface area contributed by atoms with Crippen LogP contribution < -0.4 is 5.73 Å². The van der Waals surface area contributed by atoms with Gasteiger partial charge in [0.1, 0.15) is 0 Å². The second-order valence-corrected chi connectivity index (χ2v) is 0.542. The Morgan fingerprint density at radius 2 is 1.17 bits per heavy atom. The highest BCUT2D eigenvalue weighted by atomic mass is 19.4. The lowest BCUT2D eigenvalue weighted by atomic mass is 11.3. The molecule has 0 aliphatic carbocycles. The summed E-state index contributed by atoms with van der Waals surface area (Å²) in [5.41, 5.74) is 3.35. The van der Waals surface area contributed by atoms with Gasteiger partial charge in [-0.05, 0) is 0 Å². The zero-order chi connectivity index (χ0) is 4.50. The van der Waals surface area contributed by atoms with E-state index in [9.17, 15) is 13.2 Å². The fourth-order valence-electron chi connectivity index (χ4n) is 0. The number of halogens is 4. The van der Waals surface area contributed by atoms with E-state index >= 15 is 0 Å². The number of hydrogen-bond acceptors (Lipinski definition) is 1. The van der Waals surface area contributed by atoms with E-state index in [1.807, 2.05) is 0 Å². The van der Waals surface area contributed by atoms with E-state index in [0.717, 1.165) is 0 Å². The second kappa shape index (κ2) is 1.96. The molecule has 2 N–H and O–H groups in total. The van der Waals surface area contributed by atoms with E-state index in [0.29, 0.717) is 0 Å². The summed E-state index contributed by atoms with van der Waals surface area (Å²) in [5.74, 6) is 0. The van der Waals surface area contributed by atoms with Crippen LogP contribution in [-0.4, -0.2) is 6.30 Å². The van der Waals surface area contributed by atoms with Gasteiger partial charge in [0.05, 0.1) is 0 Å². The maximum absolute atomic E-state index is 10.1. The number of rotatable bonds is 0. The van der Waals surface area contributed by atoms with Crippen molar-refractivity contribution in [3.05, 3.63) is 0 Å². The van der Waals surface area contributed by atoms with Crippen LogP contribution in [0.15, 0.2) is 0 Å². The molecule has 0 aliphatic heterocycles. The van der Waals surface area contributed by atoms with Gasteiger partial charge >= 0.3 is 6.30 Å². The molecule has 40 valence electrons. The van der Waals surface area contributed by atoms with Gasteiger partial charge in [-0.15, -0.1) is 0 Å². The molecule has 0 amide bonds. The second-order valence-electron chi connectivity index (χ2n) is 0.542. The van der Waals surface area contributed by atoms with Gasteiger partial charge < -0.3 is 0 Å². The largest absolute Gasteiger partial charge is 0.454 e. The van der Waals surface area contributed by atoms with Crippen LogP contribution in [0.1, 0.15) is 0 Å². The van der Waals surface area contributed by atoms with Crippen molar-refractivity contribution >= 4 is 0 Å². The summed E-state index contributed by atoms with van der Waals surface area (Å²) in [7, 11) is 0. The van der Waals surface area contributed by atoms with Crippen molar-refractivity contribution < 1.29 is 17.9 Å². The summed E-state index contributed by atoms with van der Waals surface area (Å²) in [5, 5.41) is 0. The minimum atomic E-state index is -4.50. The number of alkyl halides is 3. The van der Waals surface area contributed by atoms with Crippen molar-refractivity contribution in [1.82, 2.24) is 0 Å². The van der Waals surface area contributed by atoms with Gasteiger partial charge in [-0.25, -0.2) is 5.73 Å². The lowest BCUT2D eigenvalue weighted by molar-refractivity contribution is -0.122. The van der Waals surface area contributed by atoms with Crippen LogP contribution in [0.5, 0.6) is 0 Å². The third-order valence-corrected chi connectivity index (χ3v) is 0. The van der Waals surface area contributed by atoms with Crippen LogP contribution in [-0.2, 0) is 0 Å². The molecule has 0 aliphatic rings. The van der Waals surface area contributed by atoms with Crippen molar-refractivity contribution in [3.63, 3.8) is 0 Å². The van der Waals surface area contributed by atoms with Gasteiger partial charge in [-0.3, -0.25) is 4.70 Å². The van der Waals surface area contributed by atoms with Gasteiger partial charge in [0.15, 0.2) is 0 Å². The summed E-state index contributed by atoms with van der Waals surface area (Å²) in [6.07, 6.45) is -4.50. The molecule has 0 aromatic heterocycles. The van der Waals surface area contributed by atoms with Crippen molar-refractivity contribution in [2.75, 3.05) is 0 Å². The molecule has 0 rings (SSSR count). The predicted molar refractivity (Wildman–Crippen MR) is 12.7 cm³/mol. The molecule has 0 atom stereocenters. The minimum absolute atomic E-state index is 0. The lowest BCUT2D eigenvalue weighted by Gasteiger charge is -1.89. The molecule has 0 bridgehead atoms. The van der Waals surface area contributed by atoms with Gasteiger partial charge in [0.25, 0.3) is 0 Å². The molecule has 0 radical (unpaired) electrons. The fourth-order valence-corrected chi connectivity index (χ4v) is 0. The highest BCUT2D eigenvalue weighted by Gasteiger charge is 2.16. The van der Waals surface area contributed by atoms with E-state index in [4.69, 9.17) is 0 Å². The number of nitrogens with two attached hydrogens (primary N) is 1. The zero-order valence-corrected chi connectivity index (χ0v) is 2.62. The molecular formula is CH3F4N. The maximum atomic E-state index is 10.1. The third-order valence-electron chi connectivity index (χ3n) is 0. The average Bonchev–Trinajstić information content (AvgIpc) is 0.722. The maximum Gasteiger partial charge on any atom is 0.454 e. The van der Waals surface area contributed by atoms with Gasteiger partial charge in [0, 0.05) is 0 Å². The molecular weight excluding hydrogens is 102 g/mol. The van der Waals surface area contributed by atoms with Crippen molar-refractivity contribution in [1.29, 1.82) is 0 Å². The van der Waals surface area contributed by atoms with Crippen LogP contribution in [0.25, 0.3) is 0 Å². The van der Waals surface area contributed by atoms with E-state index in [1.54, 1.807) is 0 Å². The Kier molecular flexibility index (Phi) is 3.01. The van der Waals surface area contributed by atoms with E-state index in [1.165, 1.54) is 0 Å². The predicted octanol–water partition coefficient (Wildman–Crippen LogP) is 0.617. The Hall–Kier alpha value is -0.320. The van der Waals surface area contributed by atoms with Crippen molar-refractivity contribution in [2.45, 2.75) is 6.30 Å². The van der Waals surface area contributed by atoms with Crippen LogP contribution in [0.4, 0.5) is 17.9 Å². The Morgan fingerprint density at radius 3 is 1.17 bits per heavy atom. The Labute approximate surface area is 31.3 Å². The highest BCUT2D eigenvalue weighted by Crippen LogP contribution is 2.01. The molecule has 0 heterocycles. The van der Waals surface area contributed by atoms with Crippen LogP contribution >= 0.6 is 0 Å². The first kappa shape index (κ1) is 9.19. The normalized spacial score (nSPS) is 10.0. The summed E-state index contributed by atoms with van der Waals surface area (Å²) in [4.78, 5) is 0. The van der Waals surface area contributed by atoms with Gasteiger partial charge in [-0.1, -0.05) is 0 Å². The van der Waals surface area contributed by atoms with Crippen molar-refractivity contribution in [3.8, 4) is 0 Å². The molecule has 0 unspecified atom stereocenters. The fraction of sp³-hybridized carbons (Fsp3) is 1.00. The Bertz CT molecular complexity index is 23.0. The monoisotopic (exact) mass is 105 g/mol. The van der Waals surface area contributed by atoms with Crippen LogP contribution in [0.2, 0.25) is 0 Å². The van der Waals surface area contributed by atoms with Crippen molar-refractivity contribution in [2.24, 2.45) is 5.73 Å². The first-order chi connectivity index (χ1) is 2.00. The zero-order valence-electron chi connectivity index (χ0n) is 2.62. The average molecular weight is 105 g/mol. The van der Waals surface area contributed by atoms with E-state index in [-0.39, 0.29) is 4.70 Å². The third kappa shape index (κ3) is 258. The molecule has 0 spiro atoms. The molecule has 0 fully saturated rings. The Balaban J connectivity index is 0. The van der Waals surface area contributed by atoms with Gasteiger partial charge in [-0.2, -0.15) is 13.2 Å². The summed E-state index contributed by atoms with van der Waals surface area (Å²) in [6, 6.07) is 0. The molecule has 6 heavy (non-hydrogen) atoms. The standard InChI is InChI=1S/CH2F3N.FH/c2-1(3,4)5;/h5H2;1H. The smallest absolute Gasteiger partial charge is 0.269 e. The SMILES string of the molecule is F.NC(F)(F)F. The lowest BCUT2D eigenvalue weighted by Crippen LogP contribution is -2.20. The molecule has 0 aromatic rings. The van der Waals surface area contributed by atoms with E-state index in [2.05, 4.69) is 5.73 Å². The number of hydrogen-bond donors (Lipinski definition) is 1. The van der Waals surface area contributed by atoms with Gasteiger partial charge in [0.2, 0.25) is 0 Å². The minimum Gasteiger partial charge on any atom is -0.269 e. The summed E-state index contributed by atoms with van der Waals surface area (Å²) < 4.78 is 30.4. The van der Waals surface area contributed by atoms with Crippen LogP contribution in [0, 0.1) is 0 Å². The summed E-state index contributed by atoms with van der Waals surface area (Å²) in [6.45, 7) is 0. The molecule has 5 heteroatoms. The highest BCUT2D eigenvalue weighted by molar-refractivity contribution is 4.21. The molecule has 0 saturated carbocycles. The Morgan fingerprint density at radius 1 is 1.17 bits per heavy atom. The topological polar surface area (TPSA) is 26.0 Å². The molecule has 0 aromatic carbocycles.